The second-order valence-corrected chi connectivity index (χ2v) is 8.37. The van der Waals surface area contributed by atoms with Crippen molar-refractivity contribution in [2.24, 2.45) is 0 Å². The molecule has 1 atom stereocenters. The maximum Gasteiger partial charge on any atom is 0.243 e. The monoisotopic (exact) mass is 421 g/mol. The Morgan fingerprint density at radius 2 is 1.69 bits per heavy atom. The molecule has 0 saturated carbocycles. The Kier molecular flexibility index (Phi) is 6.87. The number of fused-ring (bicyclic) bond motifs is 1. The van der Waals surface area contributed by atoms with Gasteiger partial charge in [-0.3, -0.25) is 0 Å². The van der Waals surface area contributed by atoms with Gasteiger partial charge in [0.15, 0.2) is 23.0 Å². The summed E-state index contributed by atoms with van der Waals surface area (Å²) >= 11 is 0. The van der Waals surface area contributed by atoms with E-state index in [1.54, 1.807) is 19.1 Å². The molecular weight excluding hydrogens is 394 g/mol. The molecule has 0 spiro atoms. The molecule has 1 heterocycles. The fourth-order valence-electron chi connectivity index (χ4n) is 3.12. The van der Waals surface area contributed by atoms with Gasteiger partial charge < -0.3 is 18.9 Å². The Morgan fingerprint density at radius 3 is 2.38 bits per heavy atom. The second-order valence-electron chi connectivity index (χ2n) is 6.43. The maximum absolute atomic E-state index is 13.2. The van der Waals surface area contributed by atoms with Crippen LogP contribution in [0.4, 0.5) is 0 Å². The average Bonchev–Trinajstić information content (AvgIpc) is 2.73. The summed E-state index contributed by atoms with van der Waals surface area (Å²) in [6.07, 6.45) is -0.395. The quantitative estimate of drug-likeness (QED) is 0.618. The van der Waals surface area contributed by atoms with E-state index in [-0.39, 0.29) is 18.0 Å². The van der Waals surface area contributed by atoms with E-state index in [4.69, 9.17) is 18.9 Å². The van der Waals surface area contributed by atoms with Crippen molar-refractivity contribution in [3.63, 3.8) is 0 Å². The van der Waals surface area contributed by atoms with Crippen LogP contribution in [-0.2, 0) is 10.0 Å². The molecule has 0 aliphatic carbocycles. The van der Waals surface area contributed by atoms with Gasteiger partial charge in [-0.25, -0.2) is 8.42 Å². The number of likely N-dealkylation sites (N-methyl/N-ethyl adjacent to an activating group) is 1. The van der Waals surface area contributed by atoms with Crippen molar-refractivity contribution in [2.45, 2.75) is 31.8 Å². The number of hydrogen-bond acceptors (Lipinski definition) is 6. The summed E-state index contributed by atoms with van der Waals surface area (Å²) in [5.74, 6) is 2.23. The molecule has 0 aromatic heterocycles. The topological polar surface area (TPSA) is 74.3 Å². The highest BCUT2D eigenvalue weighted by Gasteiger charge is 2.30. The molecular formula is C21H27NO6S. The number of para-hydroxylation sites is 2. The van der Waals surface area contributed by atoms with Gasteiger partial charge in [-0.2, -0.15) is 4.31 Å². The number of rotatable bonds is 9. The number of benzene rings is 2. The predicted octanol–water partition coefficient (Wildman–Crippen LogP) is 3.33. The molecule has 1 unspecified atom stereocenters. The highest BCUT2D eigenvalue weighted by atomic mass is 32.2. The fraction of sp³-hybridized carbons (Fsp3) is 0.429. The lowest BCUT2D eigenvalue weighted by atomic mass is 10.2. The van der Waals surface area contributed by atoms with E-state index < -0.39 is 16.1 Å². The summed E-state index contributed by atoms with van der Waals surface area (Å²) in [6.45, 7) is 7.16. The molecule has 0 radical (unpaired) electrons. The van der Waals surface area contributed by atoms with Crippen LogP contribution >= 0.6 is 0 Å². The van der Waals surface area contributed by atoms with E-state index in [2.05, 4.69) is 0 Å². The third-order valence-corrected chi connectivity index (χ3v) is 6.42. The van der Waals surface area contributed by atoms with Gasteiger partial charge in [-0.05, 0) is 38.1 Å². The molecule has 0 N–H and O–H groups in total. The maximum atomic E-state index is 13.2. The minimum absolute atomic E-state index is 0.156. The van der Waals surface area contributed by atoms with Crippen molar-refractivity contribution in [1.29, 1.82) is 0 Å². The Labute approximate surface area is 172 Å². The molecule has 0 saturated heterocycles. The fourth-order valence-corrected chi connectivity index (χ4v) is 4.61. The highest BCUT2D eigenvalue weighted by molar-refractivity contribution is 7.89. The molecule has 29 heavy (non-hydrogen) atoms. The Bertz CT molecular complexity index is 931. The molecule has 2 aromatic rings. The van der Waals surface area contributed by atoms with E-state index in [9.17, 15) is 8.42 Å². The van der Waals surface area contributed by atoms with Gasteiger partial charge in [0.05, 0.1) is 24.7 Å². The summed E-state index contributed by atoms with van der Waals surface area (Å²) < 4.78 is 50.6. The van der Waals surface area contributed by atoms with Crippen molar-refractivity contribution < 1.29 is 27.4 Å². The van der Waals surface area contributed by atoms with Crippen molar-refractivity contribution in [3.8, 4) is 23.0 Å². The van der Waals surface area contributed by atoms with Crippen LogP contribution in [0.5, 0.6) is 23.0 Å². The number of ether oxygens (including phenoxy) is 4. The van der Waals surface area contributed by atoms with Crippen LogP contribution in [-0.4, -0.2) is 51.7 Å². The number of hydrogen-bond donors (Lipinski definition) is 0. The molecule has 3 rings (SSSR count). The van der Waals surface area contributed by atoms with Gasteiger partial charge in [0.25, 0.3) is 0 Å². The molecule has 7 nitrogen and oxygen atoms in total. The number of sulfonamides is 1. The van der Waals surface area contributed by atoms with Crippen LogP contribution in [0.3, 0.4) is 0 Å². The van der Waals surface area contributed by atoms with Crippen LogP contribution in [0.1, 0.15) is 20.8 Å². The molecule has 1 aliphatic rings. The zero-order valence-electron chi connectivity index (χ0n) is 17.0. The summed E-state index contributed by atoms with van der Waals surface area (Å²) in [6, 6.07) is 12.0. The normalized spacial score (nSPS) is 15.9. The summed E-state index contributed by atoms with van der Waals surface area (Å²) in [7, 11) is -3.74. The summed E-state index contributed by atoms with van der Waals surface area (Å²) in [5.41, 5.74) is 0. The lowest BCUT2D eigenvalue weighted by Gasteiger charge is -2.30. The third kappa shape index (κ3) is 4.76. The van der Waals surface area contributed by atoms with E-state index in [0.29, 0.717) is 42.8 Å². The van der Waals surface area contributed by atoms with Gasteiger partial charge in [-0.1, -0.05) is 19.1 Å². The second kappa shape index (κ2) is 9.37. The van der Waals surface area contributed by atoms with Crippen LogP contribution in [0.15, 0.2) is 47.4 Å². The Hall–Kier alpha value is -2.45. The first kappa shape index (κ1) is 21.3. The van der Waals surface area contributed by atoms with Gasteiger partial charge >= 0.3 is 0 Å². The van der Waals surface area contributed by atoms with E-state index in [0.717, 1.165) is 0 Å². The first-order chi connectivity index (χ1) is 14.0. The summed E-state index contributed by atoms with van der Waals surface area (Å²) in [5, 5.41) is 0. The molecule has 8 heteroatoms. The van der Waals surface area contributed by atoms with Crippen LogP contribution in [0, 0.1) is 0 Å². The molecule has 0 fully saturated rings. The average molecular weight is 422 g/mol. The first-order valence-electron chi connectivity index (χ1n) is 9.77. The predicted molar refractivity (Wildman–Crippen MR) is 110 cm³/mol. The molecule has 1 aliphatic heterocycles. The minimum atomic E-state index is -3.74. The Morgan fingerprint density at radius 1 is 1.00 bits per heavy atom. The standard InChI is InChI=1S/C21H27NO6S/c1-4-22(14-16-15-27-18-9-7-8-10-20(18)28-16)29(23,24)17-11-12-19(25-5-2)21(13-17)26-6-3/h7-13,16H,4-6,14-15H2,1-3H3. The number of nitrogens with zero attached hydrogens (tertiary/aromatic N) is 1. The Balaban J connectivity index is 1.80. The van der Waals surface area contributed by atoms with Crippen molar-refractivity contribution in [1.82, 2.24) is 4.31 Å². The van der Waals surface area contributed by atoms with Crippen LogP contribution < -0.4 is 18.9 Å². The largest absolute Gasteiger partial charge is 0.490 e. The highest BCUT2D eigenvalue weighted by Crippen LogP contribution is 2.33. The zero-order chi connectivity index (χ0) is 20.9. The van der Waals surface area contributed by atoms with E-state index in [1.807, 2.05) is 38.1 Å². The van der Waals surface area contributed by atoms with Gasteiger partial charge in [0.2, 0.25) is 10.0 Å². The molecule has 0 amide bonds. The third-order valence-electron chi connectivity index (χ3n) is 4.48. The van der Waals surface area contributed by atoms with Gasteiger partial charge in [0.1, 0.15) is 12.7 Å². The van der Waals surface area contributed by atoms with Crippen molar-refractivity contribution in [3.05, 3.63) is 42.5 Å². The smallest absolute Gasteiger partial charge is 0.243 e. The summed E-state index contributed by atoms with van der Waals surface area (Å²) in [4.78, 5) is 0.156. The van der Waals surface area contributed by atoms with Crippen molar-refractivity contribution >= 4 is 10.0 Å². The molecule has 2 aromatic carbocycles. The zero-order valence-corrected chi connectivity index (χ0v) is 17.8. The van der Waals surface area contributed by atoms with Gasteiger partial charge in [-0.15, -0.1) is 0 Å². The lowest BCUT2D eigenvalue weighted by Crippen LogP contribution is -2.43. The molecule has 0 bridgehead atoms. The van der Waals surface area contributed by atoms with Crippen LogP contribution in [0.2, 0.25) is 0 Å². The van der Waals surface area contributed by atoms with Crippen LogP contribution in [0.25, 0.3) is 0 Å². The molecule has 158 valence electrons. The van der Waals surface area contributed by atoms with Gasteiger partial charge in [0, 0.05) is 12.6 Å². The van der Waals surface area contributed by atoms with Crippen molar-refractivity contribution in [2.75, 3.05) is 32.9 Å². The SMILES string of the molecule is CCOc1ccc(S(=O)(=O)N(CC)CC2COc3ccccc3O2)cc1OCC. The first-order valence-corrected chi connectivity index (χ1v) is 11.2. The van der Waals surface area contributed by atoms with E-state index in [1.165, 1.54) is 10.4 Å². The lowest BCUT2D eigenvalue weighted by molar-refractivity contribution is 0.0771. The minimum Gasteiger partial charge on any atom is -0.490 e. The van der Waals surface area contributed by atoms with E-state index >= 15 is 0 Å².